The molecule has 0 bridgehead atoms. The van der Waals surface area contributed by atoms with Gasteiger partial charge in [-0.3, -0.25) is 0 Å². The van der Waals surface area contributed by atoms with Crippen molar-refractivity contribution in [1.29, 1.82) is 0 Å². The third-order valence-corrected chi connectivity index (χ3v) is 2.69. The Balaban J connectivity index is 2.79. The van der Waals surface area contributed by atoms with Crippen LogP contribution in [0, 0.1) is 15.2 Å². The molecule has 4 nitrogen and oxygen atoms in total. The molecular weight excluding hydrogens is 144 g/mol. The van der Waals surface area contributed by atoms with Crippen LogP contribution in [0.15, 0.2) is 10.4 Å². The zero-order chi connectivity index (χ0) is 8.48. The molecule has 62 valence electrons. The Labute approximate surface area is 65.3 Å². The van der Waals surface area contributed by atoms with Gasteiger partial charge in [0.15, 0.2) is 0 Å². The molecule has 2 unspecified atom stereocenters. The van der Waals surface area contributed by atoms with Crippen LogP contribution in [0.2, 0.25) is 0 Å². The molecule has 1 saturated carbocycles. The van der Waals surface area contributed by atoms with Gasteiger partial charge in [0.2, 0.25) is 0 Å². The Morgan fingerprint density at radius 2 is 1.45 bits per heavy atom. The average molecular weight is 156 g/mol. The highest BCUT2D eigenvalue weighted by Crippen LogP contribution is 2.41. The summed E-state index contributed by atoms with van der Waals surface area (Å²) >= 11 is 0. The highest BCUT2D eigenvalue weighted by atomic mass is 16.3. The quantitative estimate of drug-likeness (QED) is 0.574. The number of rotatable bonds is 2. The molecule has 1 rings (SSSR count). The minimum atomic E-state index is -0.330. The third-order valence-electron chi connectivity index (χ3n) is 2.69. The lowest BCUT2D eigenvalue weighted by atomic mass is 9.84. The van der Waals surface area contributed by atoms with Crippen molar-refractivity contribution in [3.8, 4) is 0 Å². The van der Waals surface area contributed by atoms with E-state index in [9.17, 15) is 9.81 Å². The van der Waals surface area contributed by atoms with Crippen molar-refractivity contribution in [3.63, 3.8) is 0 Å². The molecule has 0 amide bonds. The van der Waals surface area contributed by atoms with Crippen molar-refractivity contribution in [2.75, 3.05) is 0 Å². The van der Waals surface area contributed by atoms with E-state index in [1.807, 2.05) is 13.8 Å². The molecule has 0 radical (unpaired) electrons. The molecule has 0 aromatic rings. The maximum atomic E-state index is 10.3. The maximum absolute atomic E-state index is 10.3. The minimum Gasteiger partial charge on any atom is -0.150 e. The van der Waals surface area contributed by atoms with Crippen molar-refractivity contribution in [2.24, 2.45) is 15.8 Å². The topological polar surface area (TPSA) is 58.9 Å². The Morgan fingerprint density at radius 1 is 1.09 bits per heavy atom. The van der Waals surface area contributed by atoms with Crippen LogP contribution < -0.4 is 0 Å². The van der Waals surface area contributed by atoms with Crippen molar-refractivity contribution < 1.29 is 0 Å². The van der Waals surface area contributed by atoms with Crippen LogP contribution in [0.1, 0.15) is 26.7 Å². The van der Waals surface area contributed by atoms with Gasteiger partial charge in [-0.15, -0.1) is 0 Å². The van der Waals surface area contributed by atoms with E-state index in [1.54, 1.807) is 0 Å². The molecule has 0 aliphatic heterocycles. The predicted molar refractivity (Wildman–Crippen MR) is 42.2 cm³/mol. The fourth-order valence-corrected chi connectivity index (χ4v) is 1.66. The smallest absolute Gasteiger partial charge is 0.0992 e. The molecule has 4 heteroatoms. The molecular formula is C7H12N2O2. The summed E-state index contributed by atoms with van der Waals surface area (Å²) in [6.07, 6.45) is 1.40. The first-order valence-electron chi connectivity index (χ1n) is 3.78. The Morgan fingerprint density at radius 3 is 1.64 bits per heavy atom. The molecule has 2 atom stereocenters. The van der Waals surface area contributed by atoms with Crippen LogP contribution in [-0.2, 0) is 0 Å². The average Bonchev–Trinajstić information content (AvgIpc) is 2.24. The molecule has 0 aromatic carbocycles. The lowest BCUT2D eigenvalue weighted by Gasteiger charge is -2.23. The number of nitrogens with zero attached hydrogens (tertiary/aromatic N) is 2. The van der Waals surface area contributed by atoms with E-state index in [-0.39, 0.29) is 17.5 Å². The van der Waals surface area contributed by atoms with Gasteiger partial charge < -0.3 is 0 Å². The number of nitroso groups, excluding NO2 is 2. The Kier molecular flexibility index (Phi) is 2.02. The van der Waals surface area contributed by atoms with Crippen molar-refractivity contribution in [1.82, 2.24) is 0 Å². The minimum absolute atomic E-state index is 0.231. The van der Waals surface area contributed by atoms with E-state index < -0.39 is 0 Å². The molecule has 0 heterocycles. The molecule has 1 aliphatic rings. The molecule has 1 aliphatic carbocycles. The first kappa shape index (κ1) is 8.30. The summed E-state index contributed by atoms with van der Waals surface area (Å²) in [6, 6.07) is -0.463. The van der Waals surface area contributed by atoms with Crippen LogP contribution in [-0.4, -0.2) is 12.1 Å². The molecule has 0 aromatic heterocycles. The van der Waals surface area contributed by atoms with Crippen LogP contribution >= 0.6 is 0 Å². The summed E-state index contributed by atoms with van der Waals surface area (Å²) in [6.45, 7) is 3.75. The second-order valence-corrected chi connectivity index (χ2v) is 3.64. The lowest BCUT2D eigenvalue weighted by molar-refractivity contribution is 0.294. The van der Waals surface area contributed by atoms with Crippen molar-refractivity contribution >= 4 is 0 Å². The highest BCUT2D eigenvalue weighted by molar-refractivity contribution is 4.99. The summed E-state index contributed by atoms with van der Waals surface area (Å²) in [5.74, 6) is 0. The Bertz CT molecular complexity index is 161. The normalized spacial score (nSPS) is 35.1. The fraction of sp³-hybridized carbons (Fsp3) is 1.00. The first-order chi connectivity index (χ1) is 5.12. The lowest BCUT2D eigenvalue weighted by Crippen LogP contribution is -2.29. The molecule has 1 fully saturated rings. The molecule has 0 N–H and O–H groups in total. The first-order valence-corrected chi connectivity index (χ1v) is 3.78. The summed E-state index contributed by atoms with van der Waals surface area (Å²) in [5, 5.41) is 5.98. The second kappa shape index (κ2) is 2.68. The summed E-state index contributed by atoms with van der Waals surface area (Å²) in [7, 11) is 0. The zero-order valence-electron chi connectivity index (χ0n) is 6.78. The SMILES string of the molecule is CC1(C)C(N=O)CCC1N=O. The van der Waals surface area contributed by atoms with Gasteiger partial charge in [0.05, 0.1) is 12.1 Å². The summed E-state index contributed by atoms with van der Waals surface area (Å²) in [4.78, 5) is 20.6. The largest absolute Gasteiger partial charge is 0.150 e. The molecule has 0 spiro atoms. The third kappa shape index (κ3) is 1.17. The van der Waals surface area contributed by atoms with Crippen molar-refractivity contribution in [2.45, 2.75) is 38.8 Å². The fourth-order valence-electron chi connectivity index (χ4n) is 1.66. The number of hydrogen-bond donors (Lipinski definition) is 0. The van der Waals surface area contributed by atoms with Gasteiger partial charge in [0.25, 0.3) is 0 Å². The molecule has 11 heavy (non-hydrogen) atoms. The van der Waals surface area contributed by atoms with E-state index in [0.717, 1.165) is 0 Å². The standard InChI is InChI=1S/C7H12N2O2/c1-7(2)5(8-10)3-4-6(7)9-11/h5-6H,3-4H2,1-2H3. The van der Waals surface area contributed by atoms with Crippen LogP contribution in [0.4, 0.5) is 0 Å². The van der Waals surface area contributed by atoms with Crippen LogP contribution in [0.25, 0.3) is 0 Å². The van der Waals surface area contributed by atoms with Crippen LogP contribution in [0.5, 0.6) is 0 Å². The second-order valence-electron chi connectivity index (χ2n) is 3.64. The van der Waals surface area contributed by atoms with Gasteiger partial charge in [-0.25, -0.2) is 0 Å². The van der Waals surface area contributed by atoms with Crippen molar-refractivity contribution in [3.05, 3.63) is 9.81 Å². The van der Waals surface area contributed by atoms with E-state index in [2.05, 4.69) is 10.4 Å². The van der Waals surface area contributed by atoms with Gasteiger partial charge in [0, 0.05) is 5.41 Å². The van der Waals surface area contributed by atoms with E-state index in [0.29, 0.717) is 12.8 Å². The molecule has 0 saturated heterocycles. The van der Waals surface area contributed by atoms with Gasteiger partial charge in [-0.1, -0.05) is 24.2 Å². The Hall–Kier alpha value is -0.800. The summed E-state index contributed by atoms with van der Waals surface area (Å²) < 4.78 is 0. The van der Waals surface area contributed by atoms with E-state index in [4.69, 9.17) is 0 Å². The zero-order valence-corrected chi connectivity index (χ0v) is 6.78. The van der Waals surface area contributed by atoms with E-state index >= 15 is 0 Å². The highest BCUT2D eigenvalue weighted by Gasteiger charge is 2.45. The van der Waals surface area contributed by atoms with Gasteiger partial charge in [-0.05, 0) is 12.8 Å². The van der Waals surface area contributed by atoms with Gasteiger partial charge in [0.1, 0.15) is 0 Å². The number of hydrogen-bond acceptors (Lipinski definition) is 4. The van der Waals surface area contributed by atoms with Gasteiger partial charge in [-0.2, -0.15) is 9.81 Å². The monoisotopic (exact) mass is 156 g/mol. The predicted octanol–water partition coefficient (Wildman–Crippen LogP) is 2.08. The summed E-state index contributed by atoms with van der Waals surface area (Å²) in [5.41, 5.74) is -0.330. The van der Waals surface area contributed by atoms with Crippen LogP contribution in [0.3, 0.4) is 0 Å². The van der Waals surface area contributed by atoms with E-state index in [1.165, 1.54) is 0 Å². The van der Waals surface area contributed by atoms with Gasteiger partial charge >= 0.3 is 0 Å². The maximum Gasteiger partial charge on any atom is 0.0992 e.